The van der Waals surface area contributed by atoms with Crippen LogP contribution in [0.1, 0.15) is 11.3 Å². The maximum atomic E-state index is 14.0. The van der Waals surface area contributed by atoms with Gasteiger partial charge in [0.15, 0.2) is 0 Å². The largest absolute Gasteiger partial charge is 0.465 e. The Labute approximate surface area is 202 Å². The standard InChI is InChI=1S/C26H24ClFN4O2/c1-31(16-20-9-6-11-23(28)25(20)27)22(14-21-10-4-5-12-29-21)17-32(26(33)34)24-13-18-7-2-3-8-19(18)15-30-24/h2-13,15,22H,14,16-17H2,1H3,(H,33,34). The summed E-state index contributed by atoms with van der Waals surface area (Å²) in [6, 6.07) is 19.5. The molecule has 0 bridgehead atoms. The molecule has 0 aliphatic heterocycles. The number of halogens is 2. The van der Waals surface area contributed by atoms with Crippen LogP contribution < -0.4 is 4.90 Å². The Bertz CT molecular complexity index is 1290. The van der Waals surface area contributed by atoms with Gasteiger partial charge in [0, 0.05) is 49.0 Å². The van der Waals surface area contributed by atoms with Gasteiger partial charge in [0.25, 0.3) is 0 Å². The van der Waals surface area contributed by atoms with E-state index in [1.165, 1.54) is 11.0 Å². The Hall–Kier alpha value is -3.55. The van der Waals surface area contributed by atoms with E-state index in [1.807, 2.05) is 54.4 Å². The SMILES string of the molecule is CN(Cc1cccc(F)c1Cl)C(Cc1ccccn1)CN(C(=O)O)c1cc2ccccc2cn1. The fraction of sp³-hybridized carbons (Fsp3) is 0.192. The van der Waals surface area contributed by atoms with Gasteiger partial charge < -0.3 is 5.11 Å². The number of anilines is 1. The van der Waals surface area contributed by atoms with Crippen LogP contribution in [0.2, 0.25) is 5.02 Å². The van der Waals surface area contributed by atoms with Gasteiger partial charge in [-0.05, 0) is 42.3 Å². The third kappa shape index (κ3) is 5.50. The van der Waals surface area contributed by atoms with E-state index >= 15 is 0 Å². The number of carbonyl (C=O) groups is 1. The lowest BCUT2D eigenvalue weighted by atomic mass is 10.1. The predicted molar refractivity (Wildman–Crippen MR) is 132 cm³/mol. The third-order valence-corrected chi connectivity index (χ3v) is 6.19. The highest BCUT2D eigenvalue weighted by Gasteiger charge is 2.25. The van der Waals surface area contributed by atoms with Crippen LogP contribution in [0.3, 0.4) is 0 Å². The summed E-state index contributed by atoms with van der Waals surface area (Å²) < 4.78 is 14.0. The van der Waals surface area contributed by atoms with Crippen molar-refractivity contribution < 1.29 is 14.3 Å². The minimum atomic E-state index is -1.11. The second-order valence-corrected chi connectivity index (χ2v) is 8.47. The molecule has 2 aromatic heterocycles. The lowest BCUT2D eigenvalue weighted by molar-refractivity contribution is 0.192. The zero-order valence-electron chi connectivity index (χ0n) is 18.6. The molecule has 0 saturated heterocycles. The molecule has 6 nitrogen and oxygen atoms in total. The molecule has 1 unspecified atom stereocenters. The average molecular weight is 479 g/mol. The number of aromatic nitrogens is 2. The molecule has 4 rings (SSSR count). The summed E-state index contributed by atoms with van der Waals surface area (Å²) in [4.78, 5) is 24.3. The van der Waals surface area contributed by atoms with Crippen molar-refractivity contribution in [1.82, 2.24) is 14.9 Å². The Kier molecular flexibility index (Phi) is 7.35. The second kappa shape index (κ2) is 10.6. The van der Waals surface area contributed by atoms with E-state index in [4.69, 9.17) is 11.6 Å². The molecule has 0 saturated carbocycles. The van der Waals surface area contributed by atoms with Crippen LogP contribution in [0.5, 0.6) is 0 Å². The van der Waals surface area contributed by atoms with Gasteiger partial charge >= 0.3 is 6.09 Å². The van der Waals surface area contributed by atoms with E-state index in [0.29, 0.717) is 24.3 Å². The van der Waals surface area contributed by atoms with E-state index < -0.39 is 11.9 Å². The van der Waals surface area contributed by atoms with Crippen molar-refractivity contribution in [2.45, 2.75) is 19.0 Å². The van der Waals surface area contributed by atoms with Crippen LogP contribution in [0.4, 0.5) is 15.0 Å². The van der Waals surface area contributed by atoms with Crippen molar-refractivity contribution in [2.75, 3.05) is 18.5 Å². The fourth-order valence-electron chi connectivity index (χ4n) is 3.89. The van der Waals surface area contributed by atoms with Crippen molar-refractivity contribution in [3.8, 4) is 0 Å². The Balaban J connectivity index is 1.64. The number of fused-ring (bicyclic) bond motifs is 1. The zero-order chi connectivity index (χ0) is 24.1. The molecule has 4 aromatic rings. The summed E-state index contributed by atoms with van der Waals surface area (Å²) in [6.45, 7) is 0.480. The molecule has 2 heterocycles. The monoisotopic (exact) mass is 478 g/mol. The van der Waals surface area contributed by atoms with Crippen molar-refractivity contribution >= 4 is 34.3 Å². The first-order valence-corrected chi connectivity index (χ1v) is 11.2. The molecule has 0 radical (unpaired) electrons. The molecule has 0 aliphatic rings. The van der Waals surface area contributed by atoms with Crippen molar-refractivity contribution in [2.24, 2.45) is 0 Å². The van der Waals surface area contributed by atoms with Gasteiger partial charge in [0.1, 0.15) is 11.6 Å². The van der Waals surface area contributed by atoms with Gasteiger partial charge in [-0.25, -0.2) is 14.2 Å². The number of nitrogens with zero attached hydrogens (tertiary/aromatic N) is 4. The highest BCUT2D eigenvalue weighted by Crippen LogP contribution is 2.24. The minimum absolute atomic E-state index is 0.0669. The highest BCUT2D eigenvalue weighted by molar-refractivity contribution is 6.31. The molecule has 174 valence electrons. The number of hydrogen-bond acceptors (Lipinski definition) is 4. The number of rotatable bonds is 8. The van der Waals surface area contributed by atoms with Gasteiger partial charge in [-0.1, -0.05) is 54.1 Å². The van der Waals surface area contributed by atoms with Crippen LogP contribution in [0.25, 0.3) is 10.8 Å². The summed E-state index contributed by atoms with van der Waals surface area (Å²) in [5.41, 5.74) is 1.45. The van der Waals surface area contributed by atoms with Crippen LogP contribution in [-0.4, -0.2) is 45.7 Å². The first-order valence-electron chi connectivity index (χ1n) is 10.8. The molecule has 0 aliphatic carbocycles. The van der Waals surface area contributed by atoms with Crippen molar-refractivity contribution in [3.63, 3.8) is 0 Å². The zero-order valence-corrected chi connectivity index (χ0v) is 19.4. The van der Waals surface area contributed by atoms with Crippen molar-refractivity contribution in [1.29, 1.82) is 0 Å². The van der Waals surface area contributed by atoms with E-state index in [1.54, 1.807) is 30.6 Å². The minimum Gasteiger partial charge on any atom is -0.465 e. The van der Waals surface area contributed by atoms with Gasteiger partial charge in [-0.3, -0.25) is 14.8 Å². The van der Waals surface area contributed by atoms with Crippen LogP contribution in [0, 0.1) is 5.82 Å². The number of likely N-dealkylation sites (N-methyl/N-ethyl adjacent to an activating group) is 1. The first kappa shape index (κ1) is 23.6. The van der Waals surface area contributed by atoms with Crippen LogP contribution in [0.15, 0.2) is 79.1 Å². The van der Waals surface area contributed by atoms with E-state index in [0.717, 1.165) is 16.5 Å². The first-order chi connectivity index (χ1) is 16.4. The van der Waals surface area contributed by atoms with Gasteiger partial charge in [0.2, 0.25) is 0 Å². The molecule has 1 amide bonds. The molecule has 0 spiro atoms. The van der Waals surface area contributed by atoms with Crippen LogP contribution in [-0.2, 0) is 13.0 Å². The topological polar surface area (TPSA) is 69.6 Å². The van der Waals surface area contributed by atoms with E-state index in [2.05, 4.69) is 9.97 Å². The summed E-state index contributed by atoms with van der Waals surface area (Å²) in [5, 5.41) is 11.9. The normalized spacial score (nSPS) is 12.1. The fourth-order valence-corrected chi connectivity index (χ4v) is 4.07. The average Bonchev–Trinajstić information content (AvgIpc) is 2.84. The quantitative estimate of drug-likeness (QED) is 0.354. The third-order valence-electron chi connectivity index (χ3n) is 5.76. The summed E-state index contributed by atoms with van der Waals surface area (Å²) in [5.74, 6) is -0.143. The maximum absolute atomic E-state index is 14.0. The van der Waals surface area contributed by atoms with Gasteiger partial charge in [-0.15, -0.1) is 0 Å². The molecule has 1 atom stereocenters. The number of carboxylic acid groups (broad SMARTS) is 1. The smallest absolute Gasteiger partial charge is 0.413 e. The lowest BCUT2D eigenvalue weighted by Crippen LogP contribution is -2.45. The summed E-state index contributed by atoms with van der Waals surface area (Å²) in [6.07, 6.45) is 2.76. The molecule has 2 aromatic carbocycles. The Morgan fingerprint density at radius 2 is 1.82 bits per heavy atom. The molecule has 8 heteroatoms. The number of hydrogen-bond donors (Lipinski definition) is 1. The summed E-state index contributed by atoms with van der Waals surface area (Å²) in [7, 11) is 1.86. The van der Waals surface area contributed by atoms with Crippen molar-refractivity contribution in [3.05, 3.63) is 101 Å². The number of amides is 1. The van der Waals surface area contributed by atoms with E-state index in [9.17, 15) is 14.3 Å². The number of benzene rings is 2. The Morgan fingerprint density at radius 3 is 2.56 bits per heavy atom. The van der Waals surface area contributed by atoms with E-state index in [-0.39, 0.29) is 17.6 Å². The maximum Gasteiger partial charge on any atom is 0.413 e. The number of pyridine rings is 2. The van der Waals surface area contributed by atoms with Gasteiger partial charge in [0.05, 0.1) is 5.02 Å². The molecule has 0 fully saturated rings. The molecule has 1 N–H and O–H groups in total. The molecular formula is C26H24ClFN4O2. The Morgan fingerprint density at radius 1 is 1.06 bits per heavy atom. The predicted octanol–water partition coefficient (Wildman–Crippen LogP) is 5.65. The van der Waals surface area contributed by atoms with Gasteiger partial charge in [-0.2, -0.15) is 0 Å². The lowest BCUT2D eigenvalue weighted by Gasteiger charge is -2.32. The second-order valence-electron chi connectivity index (χ2n) is 8.09. The molecule has 34 heavy (non-hydrogen) atoms. The molecular weight excluding hydrogens is 455 g/mol. The van der Waals surface area contributed by atoms with Crippen LogP contribution >= 0.6 is 11.6 Å². The summed E-state index contributed by atoms with van der Waals surface area (Å²) >= 11 is 6.18. The highest BCUT2D eigenvalue weighted by atomic mass is 35.5.